The molecule has 2 aromatic carbocycles. The van der Waals surface area contributed by atoms with Gasteiger partial charge in [0.2, 0.25) is 10.0 Å². The number of carboxylic acid groups (broad SMARTS) is 2. The molecular formula is C22H27ClN2O8S. The van der Waals surface area contributed by atoms with Gasteiger partial charge in [-0.1, -0.05) is 17.7 Å². The molecule has 0 amide bonds. The first-order chi connectivity index (χ1) is 16.1. The minimum atomic E-state index is -3.49. The van der Waals surface area contributed by atoms with Crippen LogP contribution in [0.3, 0.4) is 0 Å². The second-order valence-corrected chi connectivity index (χ2v) is 9.54. The minimum absolute atomic E-state index is 0.280. The van der Waals surface area contributed by atoms with E-state index in [4.69, 9.17) is 40.9 Å². The second kappa shape index (κ2) is 12.6. The summed E-state index contributed by atoms with van der Waals surface area (Å²) in [6.07, 6.45) is 0. The van der Waals surface area contributed by atoms with Crippen molar-refractivity contribution in [2.24, 2.45) is 0 Å². The average molecular weight is 515 g/mol. The maximum Gasteiger partial charge on any atom is 0.414 e. The van der Waals surface area contributed by atoms with Gasteiger partial charge in [0.15, 0.2) is 11.5 Å². The van der Waals surface area contributed by atoms with Crippen LogP contribution < -0.4 is 9.47 Å². The summed E-state index contributed by atoms with van der Waals surface area (Å²) in [5.41, 5.74) is 1.11. The number of hydrogen-bond acceptors (Lipinski definition) is 7. The zero-order valence-electron chi connectivity index (χ0n) is 18.8. The Hall–Kier alpha value is -2.86. The Morgan fingerprint density at radius 3 is 2.06 bits per heavy atom. The molecule has 1 saturated heterocycles. The molecule has 0 atom stereocenters. The van der Waals surface area contributed by atoms with E-state index in [1.807, 2.05) is 25.1 Å². The van der Waals surface area contributed by atoms with Gasteiger partial charge in [-0.05, 0) is 48.9 Å². The van der Waals surface area contributed by atoms with Crippen LogP contribution in [0.4, 0.5) is 0 Å². The van der Waals surface area contributed by atoms with Crippen molar-refractivity contribution in [2.45, 2.75) is 18.4 Å². The molecule has 2 N–H and O–H groups in total. The summed E-state index contributed by atoms with van der Waals surface area (Å²) in [6, 6.07) is 12.2. The van der Waals surface area contributed by atoms with Crippen molar-refractivity contribution >= 4 is 33.6 Å². The molecule has 0 unspecified atom stereocenters. The summed E-state index contributed by atoms with van der Waals surface area (Å²) in [6.45, 7) is 5.50. The summed E-state index contributed by atoms with van der Waals surface area (Å²) >= 11 is 5.86. The number of methoxy groups -OCH3 is 1. The monoisotopic (exact) mass is 514 g/mol. The van der Waals surface area contributed by atoms with Gasteiger partial charge in [0.25, 0.3) is 0 Å². The molecule has 3 rings (SSSR count). The molecule has 12 heteroatoms. The predicted molar refractivity (Wildman–Crippen MR) is 125 cm³/mol. The molecule has 10 nitrogen and oxygen atoms in total. The summed E-state index contributed by atoms with van der Waals surface area (Å²) in [5.74, 6) is -2.21. The van der Waals surface area contributed by atoms with Gasteiger partial charge in [-0.2, -0.15) is 4.31 Å². The number of aliphatic carboxylic acids is 2. The standard InChI is InChI=1S/C20H25ClN2O4S.C2H2O4/c1-3-27-20-14-16(4-9-19(20)26-2)15-22-10-12-23(13-11-22)28(24,25)18-7-5-17(21)6-8-18;3-1(4)2(5)6/h4-9,14H,3,10-13,15H2,1-2H3;(H,3,4)(H,5,6). The van der Waals surface area contributed by atoms with Crippen molar-refractivity contribution in [2.75, 3.05) is 39.9 Å². The summed E-state index contributed by atoms with van der Waals surface area (Å²) in [7, 11) is -1.86. The first kappa shape index (κ1) is 27.4. The Labute approximate surface area is 203 Å². The van der Waals surface area contributed by atoms with E-state index in [0.29, 0.717) is 43.6 Å². The van der Waals surface area contributed by atoms with Gasteiger partial charge >= 0.3 is 11.9 Å². The Morgan fingerprint density at radius 2 is 1.56 bits per heavy atom. The molecule has 0 radical (unpaired) electrons. The third-order valence-electron chi connectivity index (χ3n) is 4.90. The quantitative estimate of drug-likeness (QED) is 0.534. The van der Waals surface area contributed by atoms with Crippen LogP contribution >= 0.6 is 11.6 Å². The van der Waals surface area contributed by atoms with Crippen LogP contribution in [-0.4, -0.2) is 79.7 Å². The summed E-state index contributed by atoms with van der Waals surface area (Å²) in [5, 5.41) is 15.3. The van der Waals surface area contributed by atoms with Crippen molar-refractivity contribution in [1.82, 2.24) is 9.21 Å². The molecule has 2 aromatic rings. The topological polar surface area (TPSA) is 134 Å². The van der Waals surface area contributed by atoms with Gasteiger partial charge in [0, 0.05) is 37.7 Å². The average Bonchev–Trinajstić information content (AvgIpc) is 2.80. The van der Waals surface area contributed by atoms with Crippen LogP contribution in [0.1, 0.15) is 12.5 Å². The number of nitrogens with zero attached hydrogens (tertiary/aromatic N) is 2. The van der Waals surface area contributed by atoms with E-state index in [-0.39, 0.29) is 4.90 Å². The molecule has 1 aliphatic heterocycles. The largest absolute Gasteiger partial charge is 0.493 e. The second-order valence-electron chi connectivity index (χ2n) is 7.16. The number of benzene rings is 2. The maximum atomic E-state index is 12.8. The number of ether oxygens (including phenoxy) is 2. The lowest BCUT2D eigenvalue weighted by molar-refractivity contribution is -0.159. The van der Waals surface area contributed by atoms with Crippen LogP contribution in [0.5, 0.6) is 11.5 Å². The molecule has 186 valence electrons. The molecule has 0 saturated carbocycles. The first-order valence-electron chi connectivity index (χ1n) is 10.3. The number of carboxylic acids is 2. The molecule has 1 aliphatic rings. The van der Waals surface area contributed by atoms with E-state index in [9.17, 15) is 8.42 Å². The summed E-state index contributed by atoms with van der Waals surface area (Å²) < 4.78 is 38.1. The van der Waals surface area contributed by atoms with Gasteiger partial charge in [0.1, 0.15) is 0 Å². The fourth-order valence-corrected chi connectivity index (χ4v) is 4.78. The van der Waals surface area contributed by atoms with Crippen LogP contribution in [0.2, 0.25) is 5.02 Å². The number of carbonyl (C=O) groups is 2. The predicted octanol–water partition coefficient (Wildman–Crippen LogP) is 2.41. The highest BCUT2D eigenvalue weighted by Gasteiger charge is 2.28. The smallest absolute Gasteiger partial charge is 0.414 e. The number of piperazine rings is 1. The molecule has 0 aliphatic carbocycles. The van der Waals surface area contributed by atoms with E-state index < -0.39 is 22.0 Å². The normalized spacial score (nSPS) is 14.6. The van der Waals surface area contributed by atoms with Gasteiger partial charge in [-0.3, -0.25) is 4.90 Å². The van der Waals surface area contributed by atoms with Gasteiger partial charge in [-0.15, -0.1) is 0 Å². The van der Waals surface area contributed by atoms with Crippen molar-refractivity contribution in [3.8, 4) is 11.5 Å². The Kier molecular flexibility index (Phi) is 10.1. The molecule has 1 fully saturated rings. The zero-order valence-corrected chi connectivity index (χ0v) is 20.4. The Bertz CT molecular complexity index is 1070. The molecule has 34 heavy (non-hydrogen) atoms. The highest BCUT2D eigenvalue weighted by atomic mass is 35.5. The minimum Gasteiger partial charge on any atom is -0.493 e. The molecular weight excluding hydrogens is 488 g/mol. The number of hydrogen-bond donors (Lipinski definition) is 2. The van der Waals surface area contributed by atoms with Gasteiger partial charge in [-0.25, -0.2) is 18.0 Å². The van der Waals surface area contributed by atoms with E-state index in [0.717, 1.165) is 17.9 Å². The molecule has 0 bridgehead atoms. The van der Waals surface area contributed by atoms with Crippen LogP contribution in [0.25, 0.3) is 0 Å². The molecule has 0 spiro atoms. The highest BCUT2D eigenvalue weighted by molar-refractivity contribution is 7.89. The summed E-state index contributed by atoms with van der Waals surface area (Å²) in [4.78, 5) is 20.7. The van der Waals surface area contributed by atoms with Crippen LogP contribution in [0.15, 0.2) is 47.4 Å². The first-order valence-corrected chi connectivity index (χ1v) is 12.1. The third-order valence-corrected chi connectivity index (χ3v) is 7.06. The molecule has 0 aromatic heterocycles. The Morgan fingerprint density at radius 1 is 0.971 bits per heavy atom. The van der Waals surface area contributed by atoms with E-state index in [1.165, 1.54) is 4.31 Å². The van der Waals surface area contributed by atoms with Crippen molar-refractivity contribution in [1.29, 1.82) is 0 Å². The number of halogens is 1. The fourth-order valence-electron chi connectivity index (χ4n) is 3.23. The van der Waals surface area contributed by atoms with Gasteiger partial charge in [0.05, 0.1) is 18.6 Å². The van der Waals surface area contributed by atoms with Crippen molar-refractivity contribution < 1.29 is 37.7 Å². The van der Waals surface area contributed by atoms with E-state index >= 15 is 0 Å². The molecule has 1 heterocycles. The Balaban J connectivity index is 0.000000604. The van der Waals surface area contributed by atoms with Gasteiger partial charge < -0.3 is 19.7 Å². The van der Waals surface area contributed by atoms with Crippen LogP contribution in [-0.2, 0) is 26.2 Å². The fraction of sp³-hybridized carbons (Fsp3) is 0.364. The van der Waals surface area contributed by atoms with E-state index in [1.54, 1.807) is 31.4 Å². The maximum absolute atomic E-state index is 12.8. The highest BCUT2D eigenvalue weighted by Crippen LogP contribution is 2.29. The lowest BCUT2D eigenvalue weighted by atomic mass is 10.1. The van der Waals surface area contributed by atoms with Crippen molar-refractivity contribution in [3.05, 3.63) is 53.1 Å². The lowest BCUT2D eigenvalue weighted by Crippen LogP contribution is -2.48. The van der Waals surface area contributed by atoms with Crippen LogP contribution in [0, 0.1) is 0 Å². The lowest BCUT2D eigenvalue weighted by Gasteiger charge is -2.34. The number of rotatable bonds is 7. The van der Waals surface area contributed by atoms with Crippen molar-refractivity contribution in [3.63, 3.8) is 0 Å². The zero-order chi connectivity index (χ0) is 25.3. The number of sulfonamides is 1. The van der Waals surface area contributed by atoms with E-state index in [2.05, 4.69) is 4.90 Å². The third kappa shape index (κ3) is 7.59. The SMILES string of the molecule is CCOc1cc(CN2CCN(S(=O)(=O)c3ccc(Cl)cc3)CC2)ccc1OC.O=C(O)C(=O)O.